The average Bonchev–Trinajstić information content (AvgIpc) is 1.82. The first-order chi connectivity index (χ1) is 4.20. The molecule has 0 atom stereocenters. The SMILES string of the molecule is CCN(C=O)CC(F)F. The summed E-state index contributed by atoms with van der Waals surface area (Å²) < 4.78 is 22.9. The lowest BCUT2D eigenvalue weighted by Gasteiger charge is -2.12. The summed E-state index contributed by atoms with van der Waals surface area (Å²) in [6, 6.07) is 0. The number of hydrogen-bond donors (Lipinski definition) is 0. The lowest BCUT2D eigenvalue weighted by Crippen LogP contribution is -2.26. The van der Waals surface area contributed by atoms with Gasteiger partial charge < -0.3 is 4.90 Å². The van der Waals surface area contributed by atoms with E-state index in [9.17, 15) is 13.6 Å². The van der Waals surface area contributed by atoms with Crippen LogP contribution in [0.15, 0.2) is 0 Å². The molecule has 0 radical (unpaired) electrons. The molecule has 0 fully saturated rings. The third-order valence-corrected chi connectivity index (χ3v) is 0.928. The number of amides is 1. The van der Waals surface area contributed by atoms with Crippen LogP contribution in [-0.4, -0.2) is 30.8 Å². The zero-order valence-electron chi connectivity index (χ0n) is 5.18. The molecular weight excluding hydrogens is 128 g/mol. The van der Waals surface area contributed by atoms with Crippen molar-refractivity contribution in [1.82, 2.24) is 4.90 Å². The number of halogens is 2. The molecule has 4 heteroatoms. The summed E-state index contributed by atoms with van der Waals surface area (Å²) >= 11 is 0. The van der Waals surface area contributed by atoms with Crippen molar-refractivity contribution in [2.75, 3.05) is 13.1 Å². The van der Waals surface area contributed by atoms with Gasteiger partial charge in [-0.1, -0.05) is 0 Å². The molecule has 2 nitrogen and oxygen atoms in total. The highest BCUT2D eigenvalue weighted by Crippen LogP contribution is 1.94. The maximum Gasteiger partial charge on any atom is 0.255 e. The van der Waals surface area contributed by atoms with E-state index in [0.29, 0.717) is 13.0 Å². The Balaban J connectivity index is 3.42. The standard InChI is InChI=1S/C5H9F2NO/c1-2-8(4-9)3-5(6)7/h4-5H,2-3H2,1H3. The summed E-state index contributed by atoms with van der Waals surface area (Å²) in [4.78, 5) is 10.9. The van der Waals surface area contributed by atoms with Crippen LogP contribution < -0.4 is 0 Å². The molecule has 0 rings (SSSR count). The minimum Gasteiger partial charge on any atom is -0.340 e. The van der Waals surface area contributed by atoms with Crippen LogP contribution in [0.5, 0.6) is 0 Å². The van der Waals surface area contributed by atoms with Gasteiger partial charge >= 0.3 is 0 Å². The molecule has 9 heavy (non-hydrogen) atoms. The fourth-order valence-corrected chi connectivity index (χ4v) is 0.424. The maximum atomic E-state index is 11.5. The summed E-state index contributed by atoms with van der Waals surface area (Å²) in [5.41, 5.74) is 0. The molecule has 0 unspecified atom stereocenters. The van der Waals surface area contributed by atoms with E-state index in [0.717, 1.165) is 4.90 Å². The topological polar surface area (TPSA) is 20.3 Å². The Morgan fingerprint density at radius 1 is 1.67 bits per heavy atom. The van der Waals surface area contributed by atoms with E-state index in [4.69, 9.17) is 0 Å². The Morgan fingerprint density at radius 3 is 2.33 bits per heavy atom. The van der Waals surface area contributed by atoms with Gasteiger partial charge in [-0.3, -0.25) is 4.79 Å². The van der Waals surface area contributed by atoms with Crippen LogP contribution in [0.4, 0.5) is 8.78 Å². The molecule has 0 aromatic heterocycles. The van der Waals surface area contributed by atoms with Crippen LogP contribution in [0.1, 0.15) is 6.92 Å². The quantitative estimate of drug-likeness (QED) is 0.523. The second-order valence-electron chi connectivity index (χ2n) is 1.58. The largest absolute Gasteiger partial charge is 0.340 e. The lowest BCUT2D eigenvalue weighted by molar-refractivity contribution is -0.119. The van der Waals surface area contributed by atoms with Crippen LogP contribution in [0.3, 0.4) is 0 Å². The molecule has 0 aliphatic heterocycles. The van der Waals surface area contributed by atoms with Crippen LogP contribution in [0.25, 0.3) is 0 Å². The minimum absolute atomic E-state index is 0.341. The highest BCUT2D eigenvalue weighted by molar-refractivity contribution is 5.46. The summed E-state index contributed by atoms with van der Waals surface area (Å²) in [5, 5.41) is 0. The number of carbonyl (C=O) groups excluding carboxylic acids is 1. The Hall–Kier alpha value is -0.670. The van der Waals surface area contributed by atoms with Gasteiger partial charge in [-0.25, -0.2) is 8.78 Å². The van der Waals surface area contributed by atoms with E-state index in [1.54, 1.807) is 6.92 Å². The smallest absolute Gasteiger partial charge is 0.255 e. The van der Waals surface area contributed by atoms with Gasteiger partial charge in [0.25, 0.3) is 6.43 Å². The van der Waals surface area contributed by atoms with Crippen LogP contribution in [0.2, 0.25) is 0 Å². The molecule has 0 aliphatic rings. The van der Waals surface area contributed by atoms with Crippen molar-refractivity contribution in [2.24, 2.45) is 0 Å². The van der Waals surface area contributed by atoms with Gasteiger partial charge in [0.15, 0.2) is 0 Å². The Bertz CT molecular complexity index is 87.0. The molecule has 1 amide bonds. The zero-order chi connectivity index (χ0) is 7.28. The molecule has 54 valence electrons. The fraction of sp³-hybridized carbons (Fsp3) is 0.800. The number of nitrogens with zero attached hydrogens (tertiary/aromatic N) is 1. The van der Waals surface area contributed by atoms with Crippen LogP contribution in [-0.2, 0) is 4.79 Å². The molecule has 0 aliphatic carbocycles. The minimum atomic E-state index is -2.42. The van der Waals surface area contributed by atoms with Gasteiger partial charge in [0.05, 0.1) is 6.54 Å². The molecule has 0 aromatic carbocycles. The summed E-state index contributed by atoms with van der Waals surface area (Å²) in [7, 11) is 0. The third-order valence-electron chi connectivity index (χ3n) is 0.928. The monoisotopic (exact) mass is 137 g/mol. The highest BCUT2D eigenvalue weighted by atomic mass is 19.3. The number of hydrogen-bond acceptors (Lipinski definition) is 1. The molecule has 0 heterocycles. The van der Waals surface area contributed by atoms with E-state index < -0.39 is 13.0 Å². The molecule has 0 saturated heterocycles. The first-order valence-electron chi connectivity index (χ1n) is 2.68. The van der Waals surface area contributed by atoms with E-state index >= 15 is 0 Å². The van der Waals surface area contributed by atoms with E-state index in [-0.39, 0.29) is 0 Å². The van der Waals surface area contributed by atoms with Gasteiger partial charge in [0.1, 0.15) is 0 Å². The maximum absolute atomic E-state index is 11.5. The van der Waals surface area contributed by atoms with Gasteiger partial charge in [-0.15, -0.1) is 0 Å². The Kier molecular flexibility index (Phi) is 3.92. The summed E-state index contributed by atoms with van der Waals surface area (Å²) in [6.45, 7) is 1.53. The number of carbonyl (C=O) groups is 1. The van der Waals surface area contributed by atoms with Crippen molar-refractivity contribution in [2.45, 2.75) is 13.3 Å². The molecular formula is C5H9F2NO. The van der Waals surface area contributed by atoms with Gasteiger partial charge in [0, 0.05) is 6.54 Å². The average molecular weight is 137 g/mol. The summed E-state index contributed by atoms with van der Waals surface area (Å²) in [5.74, 6) is 0. The van der Waals surface area contributed by atoms with E-state index in [1.807, 2.05) is 0 Å². The molecule has 0 aromatic rings. The van der Waals surface area contributed by atoms with Crippen molar-refractivity contribution < 1.29 is 13.6 Å². The van der Waals surface area contributed by atoms with Crippen molar-refractivity contribution >= 4 is 6.41 Å². The first-order valence-corrected chi connectivity index (χ1v) is 2.68. The lowest BCUT2D eigenvalue weighted by atomic mass is 10.5. The molecule has 0 N–H and O–H groups in total. The second-order valence-corrected chi connectivity index (χ2v) is 1.58. The predicted molar refractivity (Wildman–Crippen MR) is 29.3 cm³/mol. The summed E-state index contributed by atoms with van der Waals surface area (Å²) in [6.07, 6.45) is -2.00. The Labute approximate surface area is 52.5 Å². The van der Waals surface area contributed by atoms with E-state index in [2.05, 4.69) is 0 Å². The van der Waals surface area contributed by atoms with Crippen molar-refractivity contribution in [3.8, 4) is 0 Å². The highest BCUT2D eigenvalue weighted by Gasteiger charge is 2.06. The predicted octanol–water partition coefficient (Wildman–Crippen LogP) is 0.730. The van der Waals surface area contributed by atoms with Crippen molar-refractivity contribution in [3.63, 3.8) is 0 Å². The van der Waals surface area contributed by atoms with Gasteiger partial charge in [-0.05, 0) is 6.92 Å². The molecule has 0 saturated carbocycles. The normalized spacial score (nSPS) is 9.78. The zero-order valence-corrected chi connectivity index (χ0v) is 5.18. The third kappa shape index (κ3) is 3.88. The van der Waals surface area contributed by atoms with Gasteiger partial charge in [-0.2, -0.15) is 0 Å². The van der Waals surface area contributed by atoms with Crippen molar-refractivity contribution in [1.29, 1.82) is 0 Å². The first kappa shape index (κ1) is 8.33. The second kappa shape index (κ2) is 4.23. The van der Waals surface area contributed by atoms with Crippen LogP contribution >= 0.6 is 0 Å². The fourth-order valence-electron chi connectivity index (χ4n) is 0.424. The van der Waals surface area contributed by atoms with E-state index in [1.165, 1.54) is 0 Å². The van der Waals surface area contributed by atoms with Gasteiger partial charge in [0.2, 0.25) is 6.41 Å². The molecule has 0 spiro atoms. The van der Waals surface area contributed by atoms with Crippen molar-refractivity contribution in [3.05, 3.63) is 0 Å². The van der Waals surface area contributed by atoms with Crippen LogP contribution in [0, 0.1) is 0 Å². The molecule has 0 bridgehead atoms. The number of alkyl halides is 2. The Morgan fingerprint density at radius 2 is 2.22 bits per heavy atom. The number of rotatable bonds is 4.